The van der Waals surface area contributed by atoms with Gasteiger partial charge in [-0.3, -0.25) is 0 Å². The average molecular weight is 257 g/mol. The monoisotopic (exact) mass is 257 g/mol. The molecule has 0 bridgehead atoms. The topological polar surface area (TPSA) is 3.24 Å². The third-order valence-corrected chi connectivity index (χ3v) is 3.87. The van der Waals surface area contributed by atoms with Crippen molar-refractivity contribution >= 4 is 17.4 Å². The maximum absolute atomic E-state index is 2.31. The van der Waals surface area contributed by atoms with Crippen LogP contribution in [0, 0.1) is 6.92 Å². The van der Waals surface area contributed by atoms with E-state index < -0.39 is 0 Å². The van der Waals surface area contributed by atoms with Gasteiger partial charge in [-0.05, 0) is 36.8 Å². The summed E-state index contributed by atoms with van der Waals surface area (Å²) in [5.41, 5.74) is 2.61. The van der Waals surface area contributed by atoms with Gasteiger partial charge in [0, 0.05) is 29.9 Å². The van der Waals surface area contributed by atoms with Gasteiger partial charge in [0.2, 0.25) is 0 Å². The molecule has 0 N–H and O–H groups in total. The molecule has 1 nitrogen and oxygen atoms in total. The van der Waals surface area contributed by atoms with Gasteiger partial charge < -0.3 is 4.90 Å². The molecular formula is C16H19NS. The number of nitrogens with zero attached hydrogens (tertiary/aromatic N) is 1. The minimum absolute atomic E-state index is 1.06. The van der Waals surface area contributed by atoms with Crippen LogP contribution < -0.4 is 4.90 Å². The molecule has 0 saturated carbocycles. The summed E-state index contributed by atoms with van der Waals surface area (Å²) >= 11 is 1.91. The van der Waals surface area contributed by atoms with E-state index >= 15 is 0 Å². The normalized spacial score (nSPS) is 10.3. The van der Waals surface area contributed by atoms with E-state index in [0.717, 1.165) is 12.3 Å². The molecule has 0 atom stereocenters. The van der Waals surface area contributed by atoms with Crippen LogP contribution in [0.5, 0.6) is 0 Å². The Morgan fingerprint density at radius 3 is 2.50 bits per heavy atom. The first-order chi connectivity index (χ1) is 8.75. The van der Waals surface area contributed by atoms with Crippen LogP contribution in [-0.4, -0.2) is 19.3 Å². The molecule has 2 rings (SSSR count). The summed E-state index contributed by atoms with van der Waals surface area (Å²) in [4.78, 5) is 3.65. The minimum atomic E-state index is 1.06. The van der Waals surface area contributed by atoms with Gasteiger partial charge in [0.05, 0.1) is 0 Å². The van der Waals surface area contributed by atoms with Crippen molar-refractivity contribution in [2.24, 2.45) is 0 Å². The summed E-state index contributed by atoms with van der Waals surface area (Å²) in [5, 5.41) is 0. The van der Waals surface area contributed by atoms with Gasteiger partial charge in [-0.2, -0.15) is 0 Å². The third-order valence-electron chi connectivity index (χ3n) is 2.88. The number of rotatable bonds is 5. The zero-order valence-electron chi connectivity index (χ0n) is 11.0. The average Bonchev–Trinajstić information content (AvgIpc) is 2.40. The molecule has 0 heterocycles. The van der Waals surface area contributed by atoms with E-state index in [1.54, 1.807) is 0 Å². The zero-order valence-corrected chi connectivity index (χ0v) is 11.8. The van der Waals surface area contributed by atoms with Crippen LogP contribution in [0.25, 0.3) is 0 Å². The SMILES string of the molecule is Cc1cccc(N(C)CCSc2ccccc2)c1. The van der Waals surface area contributed by atoms with Crippen molar-refractivity contribution in [1.82, 2.24) is 0 Å². The molecule has 0 unspecified atom stereocenters. The van der Waals surface area contributed by atoms with Crippen molar-refractivity contribution in [2.75, 3.05) is 24.2 Å². The maximum atomic E-state index is 2.31. The van der Waals surface area contributed by atoms with Crippen LogP contribution in [0.2, 0.25) is 0 Å². The van der Waals surface area contributed by atoms with E-state index in [1.807, 2.05) is 11.8 Å². The molecule has 0 amide bonds. The van der Waals surface area contributed by atoms with E-state index in [0.29, 0.717) is 0 Å². The summed E-state index contributed by atoms with van der Waals surface area (Å²) in [6.45, 7) is 3.19. The van der Waals surface area contributed by atoms with Crippen LogP contribution in [0.4, 0.5) is 5.69 Å². The summed E-state index contributed by atoms with van der Waals surface area (Å²) in [7, 11) is 2.15. The summed E-state index contributed by atoms with van der Waals surface area (Å²) in [5.74, 6) is 1.11. The predicted molar refractivity (Wildman–Crippen MR) is 81.6 cm³/mol. The number of thioether (sulfide) groups is 1. The predicted octanol–water partition coefficient (Wildman–Crippen LogP) is 4.22. The second kappa shape index (κ2) is 6.50. The number of benzene rings is 2. The molecule has 0 aliphatic rings. The number of hydrogen-bond acceptors (Lipinski definition) is 2. The molecule has 2 aromatic carbocycles. The first kappa shape index (κ1) is 13.0. The molecular weight excluding hydrogens is 238 g/mol. The molecule has 0 fully saturated rings. The quantitative estimate of drug-likeness (QED) is 0.738. The second-order valence-corrected chi connectivity index (χ2v) is 5.59. The fourth-order valence-electron chi connectivity index (χ4n) is 1.81. The molecule has 94 valence electrons. The Labute approximate surface area is 114 Å². The van der Waals surface area contributed by atoms with Gasteiger partial charge in [0.1, 0.15) is 0 Å². The molecule has 0 radical (unpaired) electrons. The third kappa shape index (κ3) is 3.81. The Hall–Kier alpha value is -1.41. The molecule has 2 heteroatoms. The Kier molecular flexibility index (Phi) is 4.71. The largest absolute Gasteiger partial charge is 0.374 e. The number of anilines is 1. The van der Waals surface area contributed by atoms with Crippen molar-refractivity contribution < 1.29 is 0 Å². The highest BCUT2D eigenvalue weighted by molar-refractivity contribution is 7.99. The highest BCUT2D eigenvalue weighted by Crippen LogP contribution is 2.19. The molecule has 0 aromatic heterocycles. The van der Waals surface area contributed by atoms with Gasteiger partial charge in [0.15, 0.2) is 0 Å². The Morgan fingerprint density at radius 2 is 1.78 bits per heavy atom. The van der Waals surface area contributed by atoms with E-state index in [9.17, 15) is 0 Å². The lowest BCUT2D eigenvalue weighted by molar-refractivity contribution is 0.975. The lowest BCUT2D eigenvalue weighted by atomic mass is 10.2. The standard InChI is InChI=1S/C16H19NS/c1-14-7-6-8-15(13-14)17(2)11-12-18-16-9-4-3-5-10-16/h3-10,13H,11-12H2,1-2H3. The summed E-state index contributed by atoms with van der Waals surface area (Å²) in [6, 6.07) is 19.2. The molecule has 0 aliphatic heterocycles. The smallest absolute Gasteiger partial charge is 0.0366 e. The van der Waals surface area contributed by atoms with Crippen LogP contribution in [0.1, 0.15) is 5.56 Å². The van der Waals surface area contributed by atoms with Gasteiger partial charge in [-0.15, -0.1) is 11.8 Å². The van der Waals surface area contributed by atoms with Crippen molar-refractivity contribution in [1.29, 1.82) is 0 Å². The van der Waals surface area contributed by atoms with Crippen molar-refractivity contribution in [3.05, 3.63) is 60.2 Å². The first-order valence-corrected chi connectivity index (χ1v) is 7.20. The Balaban J connectivity index is 1.83. The molecule has 18 heavy (non-hydrogen) atoms. The van der Waals surface area contributed by atoms with Crippen LogP contribution in [0.3, 0.4) is 0 Å². The summed E-state index contributed by atoms with van der Waals surface area (Å²) in [6.07, 6.45) is 0. The molecule has 0 spiro atoms. The maximum Gasteiger partial charge on any atom is 0.0366 e. The lowest BCUT2D eigenvalue weighted by Gasteiger charge is -2.19. The minimum Gasteiger partial charge on any atom is -0.374 e. The highest BCUT2D eigenvalue weighted by atomic mass is 32.2. The van der Waals surface area contributed by atoms with E-state index in [2.05, 4.69) is 73.5 Å². The number of aryl methyl sites for hydroxylation is 1. The Bertz CT molecular complexity index is 481. The molecule has 0 saturated heterocycles. The summed E-state index contributed by atoms with van der Waals surface area (Å²) < 4.78 is 0. The van der Waals surface area contributed by atoms with E-state index in [-0.39, 0.29) is 0 Å². The van der Waals surface area contributed by atoms with Crippen molar-refractivity contribution in [2.45, 2.75) is 11.8 Å². The van der Waals surface area contributed by atoms with Crippen LogP contribution in [-0.2, 0) is 0 Å². The fraction of sp³-hybridized carbons (Fsp3) is 0.250. The van der Waals surface area contributed by atoms with E-state index in [4.69, 9.17) is 0 Å². The van der Waals surface area contributed by atoms with Gasteiger partial charge in [0.25, 0.3) is 0 Å². The first-order valence-electron chi connectivity index (χ1n) is 6.21. The van der Waals surface area contributed by atoms with Crippen molar-refractivity contribution in [3.8, 4) is 0 Å². The van der Waals surface area contributed by atoms with Gasteiger partial charge in [-0.1, -0.05) is 30.3 Å². The second-order valence-electron chi connectivity index (χ2n) is 4.42. The molecule has 2 aromatic rings. The van der Waals surface area contributed by atoms with Crippen LogP contribution >= 0.6 is 11.8 Å². The Morgan fingerprint density at radius 1 is 1.00 bits per heavy atom. The molecule has 0 aliphatic carbocycles. The van der Waals surface area contributed by atoms with Gasteiger partial charge >= 0.3 is 0 Å². The van der Waals surface area contributed by atoms with Crippen LogP contribution in [0.15, 0.2) is 59.5 Å². The lowest BCUT2D eigenvalue weighted by Crippen LogP contribution is -2.20. The fourth-order valence-corrected chi connectivity index (χ4v) is 2.76. The zero-order chi connectivity index (χ0) is 12.8. The van der Waals surface area contributed by atoms with Crippen molar-refractivity contribution in [3.63, 3.8) is 0 Å². The van der Waals surface area contributed by atoms with E-state index in [1.165, 1.54) is 16.1 Å². The number of hydrogen-bond donors (Lipinski definition) is 0. The highest BCUT2D eigenvalue weighted by Gasteiger charge is 2.01. The van der Waals surface area contributed by atoms with Gasteiger partial charge in [-0.25, -0.2) is 0 Å².